The fourth-order valence-corrected chi connectivity index (χ4v) is 4.11. The molecule has 3 rings (SSSR count). The maximum absolute atomic E-state index is 5.98. The van der Waals surface area contributed by atoms with Gasteiger partial charge in [-0.2, -0.15) is 4.37 Å². The number of hydrogen-bond donors (Lipinski definition) is 1. The average Bonchev–Trinajstić information content (AvgIpc) is 2.82. The predicted octanol–water partition coefficient (Wildman–Crippen LogP) is 2.19. The van der Waals surface area contributed by atoms with E-state index in [0.29, 0.717) is 11.9 Å². The number of aromatic nitrogens is 1. The Balaban J connectivity index is 1.82. The largest absolute Gasteiger partial charge is 0.484 e. The maximum Gasteiger partial charge on any atom is 0.198 e. The smallest absolute Gasteiger partial charge is 0.198 e. The van der Waals surface area contributed by atoms with Crippen LogP contribution in [0.4, 0.5) is 10.8 Å². The second-order valence-electron chi connectivity index (χ2n) is 6.15. The van der Waals surface area contributed by atoms with Crippen molar-refractivity contribution in [3.05, 3.63) is 0 Å². The van der Waals surface area contributed by atoms with Crippen molar-refractivity contribution < 1.29 is 4.74 Å². The fourth-order valence-electron chi connectivity index (χ4n) is 3.33. The molecule has 1 aromatic heterocycles. The van der Waals surface area contributed by atoms with Crippen LogP contribution in [0.5, 0.6) is 5.75 Å². The highest BCUT2D eigenvalue weighted by Gasteiger charge is 2.36. The Kier molecular flexibility index (Phi) is 3.77. The fraction of sp³-hybridized carbons (Fsp3) is 0.786. The second kappa shape index (κ2) is 5.41. The Bertz CT molecular complexity index is 476. The Morgan fingerprint density at radius 2 is 2.05 bits per heavy atom. The van der Waals surface area contributed by atoms with Gasteiger partial charge in [-0.15, -0.1) is 0 Å². The van der Waals surface area contributed by atoms with Crippen molar-refractivity contribution in [2.24, 2.45) is 0 Å². The third-order valence-electron chi connectivity index (χ3n) is 4.45. The van der Waals surface area contributed by atoms with Crippen molar-refractivity contribution in [1.82, 2.24) is 9.27 Å². The van der Waals surface area contributed by atoms with Crippen LogP contribution < -0.4 is 15.4 Å². The molecule has 0 saturated carbocycles. The minimum atomic E-state index is 0.124. The van der Waals surface area contributed by atoms with Crippen LogP contribution in [0, 0.1) is 0 Å². The Morgan fingerprint density at radius 3 is 2.80 bits per heavy atom. The van der Waals surface area contributed by atoms with Crippen molar-refractivity contribution in [3.8, 4) is 5.75 Å². The number of likely N-dealkylation sites (N-methyl/N-ethyl adjacent to an activating group) is 1. The lowest BCUT2D eigenvalue weighted by atomic mass is 10.1. The molecule has 2 atom stereocenters. The lowest BCUT2D eigenvalue weighted by Gasteiger charge is -2.27. The van der Waals surface area contributed by atoms with Gasteiger partial charge in [0, 0.05) is 25.2 Å². The van der Waals surface area contributed by atoms with Crippen LogP contribution in [0.1, 0.15) is 33.1 Å². The molecule has 2 N–H and O–H groups in total. The number of nitrogens with two attached hydrogens (primary N) is 1. The van der Waals surface area contributed by atoms with Gasteiger partial charge < -0.3 is 15.4 Å². The third kappa shape index (κ3) is 2.46. The summed E-state index contributed by atoms with van der Waals surface area (Å²) in [5.41, 5.74) is 5.98. The van der Waals surface area contributed by atoms with Crippen molar-refractivity contribution in [2.45, 2.75) is 51.3 Å². The number of anilines is 2. The van der Waals surface area contributed by atoms with E-state index in [0.717, 1.165) is 29.9 Å². The number of ether oxygens (including phenoxy) is 1. The molecular formula is C14H24N4OS. The molecule has 0 amide bonds. The molecule has 0 aliphatic carbocycles. The predicted molar refractivity (Wildman–Crippen MR) is 83.7 cm³/mol. The van der Waals surface area contributed by atoms with Crippen molar-refractivity contribution in [2.75, 3.05) is 30.8 Å². The van der Waals surface area contributed by atoms with E-state index in [4.69, 9.17) is 10.5 Å². The highest BCUT2D eigenvalue weighted by molar-refractivity contribution is 7.11. The summed E-state index contributed by atoms with van der Waals surface area (Å²) in [7, 11) is 2.26. The normalized spacial score (nSPS) is 27.1. The summed E-state index contributed by atoms with van der Waals surface area (Å²) in [5.74, 6) is 1.31. The van der Waals surface area contributed by atoms with Gasteiger partial charge in [0.05, 0.1) is 6.10 Å². The van der Waals surface area contributed by atoms with E-state index in [1.54, 1.807) is 0 Å². The standard InChI is InChI=1S/C14H24N4OS/c1-9(2)19-12-13(15)16-20-14(12)18-7-6-10-4-5-11(8-18)17(10)3/h9-11H,4-8H2,1-3H3,(H2,15,16). The number of rotatable bonds is 3. The summed E-state index contributed by atoms with van der Waals surface area (Å²) in [6, 6.07) is 1.39. The van der Waals surface area contributed by atoms with E-state index >= 15 is 0 Å². The quantitative estimate of drug-likeness (QED) is 0.926. The van der Waals surface area contributed by atoms with Gasteiger partial charge in [0.1, 0.15) is 0 Å². The molecule has 2 fully saturated rings. The number of nitrogen functional groups attached to an aromatic ring is 1. The summed E-state index contributed by atoms with van der Waals surface area (Å²) in [6.45, 7) is 6.18. The van der Waals surface area contributed by atoms with Crippen molar-refractivity contribution in [1.29, 1.82) is 0 Å². The highest BCUT2D eigenvalue weighted by Crippen LogP contribution is 2.41. The first-order valence-electron chi connectivity index (χ1n) is 7.45. The van der Waals surface area contributed by atoms with Crippen molar-refractivity contribution in [3.63, 3.8) is 0 Å². The van der Waals surface area contributed by atoms with E-state index in [9.17, 15) is 0 Å². The molecular weight excluding hydrogens is 272 g/mol. The van der Waals surface area contributed by atoms with Crippen LogP contribution in [0.25, 0.3) is 0 Å². The van der Waals surface area contributed by atoms with E-state index in [1.165, 1.54) is 30.8 Å². The minimum absolute atomic E-state index is 0.124. The minimum Gasteiger partial charge on any atom is -0.484 e. The zero-order valence-corrected chi connectivity index (χ0v) is 13.3. The van der Waals surface area contributed by atoms with Gasteiger partial charge >= 0.3 is 0 Å². The molecule has 0 radical (unpaired) electrons. The van der Waals surface area contributed by atoms with Gasteiger partial charge in [0.15, 0.2) is 16.6 Å². The summed E-state index contributed by atoms with van der Waals surface area (Å²) in [6.07, 6.45) is 3.98. The molecule has 112 valence electrons. The molecule has 0 aromatic carbocycles. The summed E-state index contributed by atoms with van der Waals surface area (Å²) in [5, 5.41) is 1.11. The first-order valence-corrected chi connectivity index (χ1v) is 8.22. The van der Waals surface area contributed by atoms with Gasteiger partial charge in [-0.3, -0.25) is 4.90 Å². The van der Waals surface area contributed by atoms with Crippen LogP contribution in [-0.2, 0) is 0 Å². The molecule has 2 aliphatic heterocycles. The zero-order chi connectivity index (χ0) is 14.3. The molecule has 6 heteroatoms. The lowest BCUT2D eigenvalue weighted by Crippen LogP contribution is -2.36. The topological polar surface area (TPSA) is 54.6 Å². The van der Waals surface area contributed by atoms with E-state index < -0.39 is 0 Å². The Hall–Kier alpha value is -1.01. The highest BCUT2D eigenvalue weighted by atomic mass is 32.1. The molecule has 2 bridgehead atoms. The van der Waals surface area contributed by atoms with Crippen LogP contribution in [0.2, 0.25) is 0 Å². The van der Waals surface area contributed by atoms with Crippen LogP contribution in [0.3, 0.4) is 0 Å². The van der Waals surface area contributed by atoms with Gasteiger partial charge in [-0.05, 0) is 51.7 Å². The summed E-state index contributed by atoms with van der Waals surface area (Å²) >= 11 is 1.47. The molecule has 20 heavy (non-hydrogen) atoms. The number of hydrogen-bond acceptors (Lipinski definition) is 6. The molecule has 2 saturated heterocycles. The summed E-state index contributed by atoms with van der Waals surface area (Å²) < 4.78 is 10.2. The first kappa shape index (κ1) is 13.9. The number of nitrogens with zero attached hydrogens (tertiary/aromatic N) is 3. The van der Waals surface area contributed by atoms with E-state index in [1.807, 2.05) is 13.8 Å². The Morgan fingerprint density at radius 1 is 1.30 bits per heavy atom. The van der Waals surface area contributed by atoms with Crippen molar-refractivity contribution >= 4 is 22.4 Å². The zero-order valence-electron chi connectivity index (χ0n) is 12.5. The lowest BCUT2D eigenvalue weighted by molar-refractivity contribution is 0.244. The molecule has 3 heterocycles. The van der Waals surface area contributed by atoms with Gasteiger partial charge in [0.25, 0.3) is 0 Å². The van der Waals surface area contributed by atoms with Crippen LogP contribution in [-0.4, -0.2) is 47.6 Å². The molecule has 0 spiro atoms. The molecule has 2 unspecified atom stereocenters. The first-order chi connectivity index (χ1) is 9.56. The van der Waals surface area contributed by atoms with Crippen LogP contribution >= 0.6 is 11.5 Å². The second-order valence-corrected chi connectivity index (χ2v) is 6.91. The third-order valence-corrected chi connectivity index (χ3v) is 5.35. The van der Waals surface area contributed by atoms with Gasteiger partial charge in [-0.1, -0.05) is 0 Å². The van der Waals surface area contributed by atoms with Crippen LogP contribution in [0.15, 0.2) is 0 Å². The Labute approximate surface area is 124 Å². The average molecular weight is 296 g/mol. The molecule has 5 nitrogen and oxygen atoms in total. The molecule has 2 aliphatic rings. The van der Waals surface area contributed by atoms with E-state index in [-0.39, 0.29) is 6.10 Å². The number of fused-ring (bicyclic) bond motifs is 2. The van der Waals surface area contributed by atoms with Gasteiger partial charge in [0.2, 0.25) is 0 Å². The summed E-state index contributed by atoms with van der Waals surface area (Å²) in [4.78, 5) is 4.97. The molecule has 1 aromatic rings. The SMILES string of the molecule is CC(C)Oc1c(N)nsc1N1CCC2CCC(C1)N2C. The van der Waals surface area contributed by atoms with Gasteiger partial charge in [-0.25, -0.2) is 0 Å². The monoisotopic (exact) mass is 296 g/mol. The van der Waals surface area contributed by atoms with E-state index in [2.05, 4.69) is 21.2 Å². The maximum atomic E-state index is 5.98.